The summed E-state index contributed by atoms with van der Waals surface area (Å²) in [5, 5.41) is 86.0. The summed E-state index contributed by atoms with van der Waals surface area (Å²) >= 11 is 0. The number of rotatable bonds is 0. The molecule has 0 saturated heterocycles. The molecule has 0 rings (SSSR count). The molecule has 0 heterocycles. The Hall–Kier alpha value is -0.260. The summed E-state index contributed by atoms with van der Waals surface area (Å²) in [6.07, 6.45) is 0. The van der Waals surface area contributed by atoms with E-state index in [-0.39, 0.29) is 13.6 Å². The van der Waals surface area contributed by atoms with Gasteiger partial charge in [0, 0.05) is 0 Å². The molecule has 0 aromatic carbocycles. The largest absolute Gasteiger partial charge is 0.631 e. The molecule has 0 aromatic rings. The minimum atomic E-state index is -2.17. The summed E-state index contributed by atoms with van der Waals surface area (Å²) in [6.45, 7) is 0. The van der Waals surface area contributed by atoms with E-state index in [2.05, 4.69) is 0 Å². The predicted octanol–water partition coefficient (Wildman–Crippen LogP) is -7.41. The smallest absolute Gasteiger partial charge is 0.402 e. The van der Waals surface area contributed by atoms with Crippen LogP contribution in [0.3, 0.4) is 0 Å². The van der Waals surface area contributed by atoms with Crippen molar-refractivity contribution in [2.24, 2.45) is 0 Å². The van der Waals surface area contributed by atoms with Crippen LogP contribution >= 0.6 is 0 Å². The van der Waals surface area contributed by atoms with Crippen LogP contribution in [0.1, 0.15) is 7.43 Å². The van der Waals surface area contributed by atoms with Crippen LogP contribution in [0.15, 0.2) is 0 Å². The summed E-state index contributed by atoms with van der Waals surface area (Å²) in [6, 6.07) is 0. The van der Waals surface area contributed by atoms with Gasteiger partial charge >= 0.3 is 29.3 Å². The van der Waals surface area contributed by atoms with Crippen LogP contribution in [0.4, 0.5) is 0 Å². The highest BCUT2D eigenvalue weighted by molar-refractivity contribution is 6.31. The standard InChI is InChI=1S/CH4.4BH3O3.H3N/c;4*2-1(3)4;/h1H4;4*2-4H;1H3. The van der Waals surface area contributed by atoms with Crippen LogP contribution in [0.25, 0.3) is 0 Å². The van der Waals surface area contributed by atoms with E-state index < -0.39 is 29.3 Å². The normalized spacial score (nSPS) is 6.00. The Morgan fingerprint density at radius 1 is 0.333 bits per heavy atom. The second-order valence-electron chi connectivity index (χ2n) is 1.39. The Labute approximate surface area is 104 Å². The quantitative estimate of drug-likeness (QED) is 0.184. The SMILES string of the molecule is C.N.OB(O)O.OB(O)O.OB(O)O.OB(O)O. The zero-order chi connectivity index (χ0) is 14.3. The summed E-state index contributed by atoms with van der Waals surface area (Å²) in [5.74, 6) is 0. The fourth-order valence-electron chi connectivity index (χ4n) is 0. The molecule has 0 aliphatic heterocycles. The third kappa shape index (κ3) is 50500. The van der Waals surface area contributed by atoms with Gasteiger partial charge in [-0.1, -0.05) is 7.43 Å². The topological polar surface area (TPSA) is 278 Å². The first-order chi connectivity index (χ1) is 6.93. The highest BCUT2D eigenvalue weighted by Crippen LogP contribution is 1.41. The molecule has 0 bridgehead atoms. The molecule has 0 fully saturated rings. The van der Waals surface area contributed by atoms with Gasteiger partial charge in [0.15, 0.2) is 0 Å². The van der Waals surface area contributed by atoms with Gasteiger partial charge in [-0.25, -0.2) is 0 Å². The second-order valence-corrected chi connectivity index (χ2v) is 1.39. The molecule has 17 heteroatoms. The molecule has 0 saturated carbocycles. The Balaban J connectivity index is -0.0000000257. The molecular weight excluding hydrogens is 261 g/mol. The Morgan fingerprint density at radius 3 is 0.333 bits per heavy atom. The van der Waals surface area contributed by atoms with Crippen LogP contribution in [0.5, 0.6) is 0 Å². The van der Waals surface area contributed by atoms with Crippen molar-refractivity contribution in [1.82, 2.24) is 6.15 Å². The average molecular weight is 280 g/mol. The van der Waals surface area contributed by atoms with Gasteiger partial charge in [0.25, 0.3) is 0 Å². The van der Waals surface area contributed by atoms with Crippen LogP contribution in [0, 0.1) is 0 Å². The van der Waals surface area contributed by atoms with Crippen LogP contribution in [-0.4, -0.2) is 89.6 Å². The highest BCUT2D eigenvalue weighted by atomic mass is 16.5. The molecule has 0 atom stereocenters. The molecular formula is CH19B4NO12. The van der Waals surface area contributed by atoms with Crippen molar-refractivity contribution in [3.8, 4) is 0 Å². The first kappa shape index (κ1) is 36.1. The van der Waals surface area contributed by atoms with Crippen LogP contribution in [0.2, 0.25) is 0 Å². The molecule has 15 N–H and O–H groups in total. The summed E-state index contributed by atoms with van der Waals surface area (Å²) in [4.78, 5) is 0. The predicted molar refractivity (Wildman–Crippen MR) is 61.4 cm³/mol. The lowest BCUT2D eigenvalue weighted by atomic mass is 10.3. The van der Waals surface area contributed by atoms with E-state index in [1.807, 2.05) is 0 Å². The van der Waals surface area contributed by atoms with E-state index in [1.54, 1.807) is 0 Å². The van der Waals surface area contributed by atoms with Gasteiger partial charge < -0.3 is 66.4 Å². The molecule has 112 valence electrons. The number of hydrogen-bond acceptors (Lipinski definition) is 13. The van der Waals surface area contributed by atoms with E-state index in [9.17, 15) is 0 Å². The van der Waals surface area contributed by atoms with Gasteiger partial charge in [-0.05, 0) is 0 Å². The lowest BCUT2D eigenvalue weighted by Crippen LogP contribution is -2.07. The maximum absolute atomic E-state index is 7.17. The summed E-state index contributed by atoms with van der Waals surface area (Å²) < 4.78 is 0. The fraction of sp³-hybridized carbons (Fsp3) is 1.00. The van der Waals surface area contributed by atoms with Gasteiger partial charge in [-0.3, -0.25) is 0 Å². The molecule has 0 amide bonds. The molecule has 0 aromatic heterocycles. The molecule has 0 radical (unpaired) electrons. The third-order valence-corrected chi connectivity index (χ3v) is 0. The molecule has 0 aliphatic carbocycles. The third-order valence-electron chi connectivity index (χ3n) is 0. The van der Waals surface area contributed by atoms with Crippen molar-refractivity contribution in [3.63, 3.8) is 0 Å². The average Bonchev–Trinajstić information content (AvgIpc) is 1.76. The lowest BCUT2D eigenvalue weighted by Gasteiger charge is -1.69. The van der Waals surface area contributed by atoms with E-state index >= 15 is 0 Å². The zero-order valence-corrected chi connectivity index (χ0v) is 8.38. The maximum atomic E-state index is 7.17. The molecule has 13 nitrogen and oxygen atoms in total. The summed E-state index contributed by atoms with van der Waals surface area (Å²) in [5.41, 5.74) is 0. The first-order valence-corrected chi connectivity index (χ1v) is 3.10. The minimum Gasteiger partial charge on any atom is -0.402 e. The van der Waals surface area contributed by atoms with Gasteiger partial charge in [0.1, 0.15) is 0 Å². The van der Waals surface area contributed by atoms with E-state index in [1.165, 1.54) is 0 Å². The Morgan fingerprint density at radius 2 is 0.333 bits per heavy atom. The molecule has 0 spiro atoms. The molecule has 18 heavy (non-hydrogen) atoms. The van der Waals surface area contributed by atoms with Gasteiger partial charge in [-0.2, -0.15) is 0 Å². The van der Waals surface area contributed by atoms with Crippen molar-refractivity contribution < 1.29 is 60.3 Å². The number of hydrogen-bond donors (Lipinski definition) is 13. The van der Waals surface area contributed by atoms with Crippen molar-refractivity contribution in [1.29, 1.82) is 0 Å². The fourth-order valence-corrected chi connectivity index (χ4v) is 0. The molecule has 0 aliphatic rings. The first-order valence-electron chi connectivity index (χ1n) is 3.10. The van der Waals surface area contributed by atoms with Crippen molar-refractivity contribution in [2.75, 3.05) is 0 Å². The summed E-state index contributed by atoms with van der Waals surface area (Å²) in [7, 11) is -8.67. The van der Waals surface area contributed by atoms with E-state index in [4.69, 9.17) is 60.3 Å². The lowest BCUT2D eigenvalue weighted by molar-refractivity contribution is 0.276. The van der Waals surface area contributed by atoms with Crippen LogP contribution < -0.4 is 6.15 Å². The van der Waals surface area contributed by atoms with Gasteiger partial charge in [0.2, 0.25) is 0 Å². The minimum absolute atomic E-state index is 0. The highest BCUT2D eigenvalue weighted by Gasteiger charge is 1.93. The van der Waals surface area contributed by atoms with Crippen molar-refractivity contribution in [2.45, 2.75) is 7.43 Å². The maximum Gasteiger partial charge on any atom is 0.631 e. The van der Waals surface area contributed by atoms with E-state index in [0.29, 0.717) is 0 Å². The zero-order valence-electron chi connectivity index (χ0n) is 8.38. The second kappa shape index (κ2) is 30.1. The van der Waals surface area contributed by atoms with Gasteiger partial charge in [-0.15, -0.1) is 0 Å². The monoisotopic (exact) mass is 281 g/mol. The van der Waals surface area contributed by atoms with E-state index in [0.717, 1.165) is 0 Å². The van der Waals surface area contributed by atoms with Gasteiger partial charge in [0.05, 0.1) is 0 Å². The Kier molecular flexibility index (Phi) is 60.3. The van der Waals surface area contributed by atoms with Crippen LogP contribution in [-0.2, 0) is 0 Å². The Bertz CT molecular complexity index is 67.1. The molecule has 0 unspecified atom stereocenters. The van der Waals surface area contributed by atoms with Crippen molar-refractivity contribution >= 4 is 29.3 Å². The van der Waals surface area contributed by atoms with Crippen molar-refractivity contribution in [3.05, 3.63) is 0 Å².